The summed E-state index contributed by atoms with van der Waals surface area (Å²) in [4.78, 5) is 17.0. The number of nitrogens with zero attached hydrogens (tertiary/aromatic N) is 6. The van der Waals surface area contributed by atoms with Crippen molar-refractivity contribution < 1.29 is 9.47 Å². The van der Waals surface area contributed by atoms with Crippen LogP contribution in [-0.2, 0) is 0 Å². The topological polar surface area (TPSA) is 134 Å². The third-order valence-corrected chi connectivity index (χ3v) is 5.97. The first kappa shape index (κ1) is 23.7. The molecule has 2 aromatic carbocycles. The van der Waals surface area contributed by atoms with Crippen molar-refractivity contribution in [3.63, 3.8) is 0 Å². The van der Waals surface area contributed by atoms with E-state index in [4.69, 9.17) is 15.2 Å². The van der Waals surface area contributed by atoms with Gasteiger partial charge in [-0.05, 0) is 36.4 Å². The third kappa shape index (κ3) is 4.86. The molecule has 0 aliphatic heterocycles. The van der Waals surface area contributed by atoms with Crippen molar-refractivity contribution in [2.75, 3.05) is 18.2 Å². The maximum Gasteiger partial charge on any atom is 0.230 e. The fraction of sp³-hybridized carbons (Fsp3) is 0.0345. The molecular formula is C29H22N8O2. The summed E-state index contributed by atoms with van der Waals surface area (Å²) in [5.41, 5.74) is 9.36. The molecule has 0 aliphatic carbocycles. The molecule has 6 aromatic rings. The molecule has 0 unspecified atom stereocenters. The minimum absolute atomic E-state index is 0.169. The Bertz CT molecular complexity index is 1780. The highest BCUT2D eigenvalue weighted by Crippen LogP contribution is 2.36. The molecule has 4 heterocycles. The smallest absolute Gasteiger partial charge is 0.230 e. The zero-order chi connectivity index (χ0) is 26.6. The van der Waals surface area contributed by atoms with Crippen molar-refractivity contribution >= 4 is 28.2 Å². The number of nitrogens with two attached hydrogens (primary N) is 1. The molecule has 0 aliphatic rings. The zero-order valence-corrected chi connectivity index (χ0v) is 20.8. The van der Waals surface area contributed by atoms with Crippen LogP contribution < -0.4 is 20.5 Å². The normalized spacial score (nSPS) is 10.8. The number of aromatic nitrogens is 6. The fourth-order valence-corrected chi connectivity index (χ4v) is 4.18. The summed E-state index contributed by atoms with van der Waals surface area (Å²) in [6.07, 6.45) is 4.88. The van der Waals surface area contributed by atoms with E-state index < -0.39 is 0 Å². The van der Waals surface area contributed by atoms with Crippen molar-refractivity contribution in [2.24, 2.45) is 0 Å². The second-order valence-electron chi connectivity index (χ2n) is 8.41. The summed E-state index contributed by atoms with van der Waals surface area (Å²) >= 11 is 0. The van der Waals surface area contributed by atoms with Crippen molar-refractivity contribution in [3.05, 3.63) is 97.5 Å². The van der Waals surface area contributed by atoms with Gasteiger partial charge in [0.1, 0.15) is 11.4 Å². The number of methoxy groups -OCH3 is 1. The number of rotatable bonds is 7. The lowest BCUT2D eigenvalue weighted by atomic mass is 10.0. The van der Waals surface area contributed by atoms with E-state index in [-0.39, 0.29) is 5.95 Å². The van der Waals surface area contributed by atoms with Gasteiger partial charge in [-0.15, -0.1) is 10.2 Å². The average Bonchev–Trinajstić information content (AvgIpc) is 2.98. The van der Waals surface area contributed by atoms with Gasteiger partial charge in [-0.2, -0.15) is 0 Å². The van der Waals surface area contributed by atoms with Crippen LogP contribution in [0.5, 0.6) is 17.5 Å². The summed E-state index contributed by atoms with van der Waals surface area (Å²) in [6.45, 7) is 0. The molecule has 39 heavy (non-hydrogen) atoms. The maximum absolute atomic E-state index is 5.97. The molecule has 0 spiro atoms. The third-order valence-electron chi connectivity index (χ3n) is 5.97. The Morgan fingerprint density at radius 3 is 2.38 bits per heavy atom. The number of nitrogens with one attached hydrogen (secondary N) is 1. The van der Waals surface area contributed by atoms with Crippen molar-refractivity contribution in [1.82, 2.24) is 30.1 Å². The molecule has 0 fully saturated rings. The maximum atomic E-state index is 5.97. The van der Waals surface area contributed by atoms with Crippen LogP contribution in [0.15, 0.2) is 97.5 Å². The molecule has 0 amide bonds. The Hall–Kier alpha value is -5.64. The van der Waals surface area contributed by atoms with Gasteiger partial charge < -0.3 is 20.5 Å². The lowest BCUT2D eigenvalue weighted by Crippen LogP contribution is -2.01. The van der Waals surface area contributed by atoms with Crippen LogP contribution in [0.3, 0.4) is 0 Å². The van der Waals surface area contributed by atoms with E-state index in [0.29, 0.717) is 28.8 Å². The largest absolute Gasteiger partial charge is 0.496 e. The summed E-state index contributed by atoms with van der Waals surface area (Å²) in [5, 5.41) is 14.2. The molecule has 3 N–H and O–H groups in total. The molecule has 0 bridgehead atoms. The SMILES string of the molecule is COc1ccccc1-c1nnc(Nc2ccc(Oc3ncccc3-c3ccnc(N)n3)nc2)c2ccccc12. The van der Waals surface area contributed by atoms with Crippen molar-refractivity contribution in [3.8, 4) is 40.0 Å². The van der Waals surface area contributed by atoms with Gasteiger partial charge in [-0.3, -0.25) is 0 Å². The highest BCUT2D eigenvalue weighted by molar-refractivity contribution is 6.01. The van der Waals surface area contributed by atoms with E-state index in [1.54, 1.807) is 43.9 Å². The summed E-state index contributed by atoms with van der Waals surface area (Å²) in [7, 11) is 1.64. The number of fused-ring (bicyclic) bond motifs is 1. The van der Waals surface area contributed by atoms with Gasteiger partial charge in [0, 0.05) is 34.8 Å². The van der Waals surface area contributed by atoms with Crippen LogP contribution in [0.4, 0.5) is 17.5 Å². The first-order chi connectivity index (χ1) is 19.2. The van der Waals surface area contributed by atoms with Gasteiger partial charge in [-0.1, -0.05) is 36.4 Å². The summed E-state index contributed by atoms with van der Waals surface area (Å²) < 4.78 is 11.5. The van der Waals surface area contributed by atoms with E-state index in [2.05, 4.69) is 35.5 Å². The monoisotopic (exact) mass is 514 g/mol. The summed E-state index contributed by atoms with van der Waals surface area (Å²) in [6, 6.07) is 24.7. The van der Waals surface area contributed by atoms with Gasteiger partial charge in [0.15, 0.2) is 5.82 Å². The fourth-order valence-electron chi connectivity index (χ4n) is 4.18. The average molecular weight is 515 g/mol. The molecule has 10 nitrogen and oxygen atoms in total. The van der Waals surface area contributed by atoms with Crippen LogP contribution in [0.25, 0.3) is 33.3 Å². The molecule has 0 saturated carbocycles. The van der Waals surface area contributed by atoms with Crippen LogP contribution in [-0.4, -0.2) is 37.2 Å². The molecule has 0 saturated heterocycles. The number of nitrogen functional groups attached to an aromatic ring is 1. The van der Waals surface area contributed by atoms with Gasteiger partial charge in [0.25, 0.3) is 0 Å². The van der Waals surface area contributed by atoms with Crippen LogP contribution >= 0.6 is 0 Å². The number of para-hydroxylation sites is 1. The Balaban J connectivity index is 1.27. The van der Waals surface area contributed by atoms with Crippen LogP contribution in [0.1, 0.15) is 0 Å². The predicted octanol–water partition coefficient (Wildman–Crippen LogP) is 5.67. The molecule has 6 rings (SSSR count). The van der Waals surface area contributed by atoms with Gasteiger partial charge >= 0.3 is 0 Å². The number of ether oxygens (including phenoxy) is 2. The van der Waals surface area contributed by atoms with Crippen LogP contribution in [0, 0.1) is 0 Å². The van der Waals surface area contributed by atoms with E-state index >= 15 is 0 Å². The van der Waals surface area contributed by atoms with E-state index in [1.807, 2.05) is 60.7 Å². The minimum atomic E-state index is 0.169. The number of pyridine rings is 2. The first-order valence-electron chi connectivity index (χ1n) is 12.0. The van der Waals surface area contributed by atoms with Crippen molar-refractivity contribution in [1.29, 1.82) is 0 Å². The Labute approximate surface area is 223 Å². The van der Waals surface area contributed by atoms with Gasteiger partial charge in [0.05, 0.1) is 30.3 Å². The second-order valence-corrected chi connectivity index (χ2v) is 8.41. The van der Waals surface area contributed by atoms with E-state index in [9.17, 15) is 0 Å². The molecule has 4 aromatic heterocycles. The molecule has 0 atom stereocenters. The van der Waals surface area contributed by atoms with Crippen molar-refractivity contribution in [2.45, 2.75) is 0 Å². The molecule has 0 radical (unpaired) electrons. The molecular weight excluding hydrogens is 492 g/mol. The van der Waals surface area contributed by atoms with E-state index in [0.717, 1.165) is 33.5 Å². The highest BCUT2D eigenvalue weighted by atomic mass is 16.5. The second kappa shape index (κ2) is 10.4. The number of anilines is 3. The van der Waals surface area contributed by atoms with Gasteiger partial charge in [-0.25, -0.2) is 19.9 Å². The molecule has 10 heteroatoms. The van der Waals surface area contributed by atoms with Crippen LogP contribution in [0.2, 0.25) is 0 Å². The summed E-state index contributed by atoms with van der Waals surface area (Å²) in [5.74, 6) is 2.23. The van der Waals surface area contributed by atoms with Gasteiger partial charge in [0.2, 0.25) is 17.7 Å². The quantitative estimate of drug-likeness (QED) is 0.274. The Morgan fingerprint density at radius 1 is 0.744 bits per heavy atom. The Morgan fingerprint density at radius 2 is 1.56 bits per heavy atom. The lowest BCUT2D eigenvalue weighted by Gasteiger charge is -2.13. The number of hydrogen-bond donors (Lipinski definition) is 2. The zero-order valence-electron chi connectivity index (χ0n) is 20.8. The highest BCUT2D eigenvalue weighted by Gasteiger charge is 2.15. The minimum Gasteiger partial charge on any atom is -0.496 e. The van der Waals surface area contributed by atoms with E-state index in [1.165, 1.54) is 0 Å². The standard InChI is InChI=1S/C29H22N8O2/c1-38-24-11-5-4-9-22(24)26-19-7-2-3-8-20(19)27(37-36-26)34-18-12-13-25(33-17-18)39-28-21(10-6-15-31-28)23-14-16-32-29(30)35-23/h2-17H,1H3,(H,34,37)(H2,30,32,35). The Kier molecular flexibility index (Phi) is 6.32. The number of benzene rings is 2. The predicted molar refractivity (Wildman–Crippen MR) is 149 cm³/mol. The first-order valence-corrected chi connectivity index (χ1v) is 12.0. The lowest BCUT2D eigenvalue weighted by molar-refractivity contribution is 0.416. The number of hydrogen-bond acceptors (Lipinski definition) is 10. The molecule has 190 valence electrons.